The average molecular weight is 575 g/mol. The van der Waals surface area contributed by atoms with E-state index in [0.717, 1.165) is 37.8 Å². The molecule has 0 saturated heterocycles. The summed E-state index contributed by atoms with van der Waals surface area (Å²) in [5.74, 6) is -1.18. The van der Waals surface area contributed by atoms with Crippen molar-refractivity contribution in [2.75, 3.05) is 19.8 Å². The highest BCUT2D eigenvalue weighted by Crippen LogP contribution is 2.67. The first-order valence-corrected chi connectivity index (χ1v) is 15.4. The molecular weight excluding hydrogens is 528 g/mol. The molecule has 0 aromatic heterocycles. The van der Waals surface area contributed by atoms with E-state index in [0.29, 0.717) is 45.1 Å². The topological polar surface area (TPSA) is 166 Å². The fraction of sp³-hybridized carbons (Fsp3) is 0.806. The largest absolute Gasteiger partial charge is 0.481 e. The van der Waals surface area contributed by atoms with Crippen molar-refractivity contribution in [3.63, 3.8) is 0 Å². The number of carboxylic acid groups (broad SMARTS) is 1. The second-order valence-corrected chi connectivity index (χ2v) is 13.8. The number of hydrogen-bond acceptors (Lipinski definition) is 8. The predicted molar refractivity (Wildman–Crippen MR) is 150 cm³/mol. The molecule has 0 spiro atoms. The molecule has 41 heavy (non-hydrogen) atoms. The van der Waals surface area contributed by atoms with Crippen LogP contribution in [0.4, 0.5) is 0 Å². The van der Waals surface area contributed by atoms with Crippen LogP contribution in [-0.2, 0) is 19.2 Å². The van der Waals surface area contributed by atoms with Crippen molar-refractivity contribution >= 4 is 23.4 Å². The molecule has 10 heteroatoms. The summed E-state index contributed by atoms with van der Waals surface area (Å²) in [5, 5.41) is 48.7. The Morgan fingerprint density at radius 1 is 1.07 bits per heavy atom. The number of aliphatic hydroxyl groups is 3. The first-order chi connectivity index (χ1) is 19.4. The smallest absolute Gasteiger partial charge is 0.306 e. The highest BCUT2D eigenvalue weighted by atomic mass is 16.6. The third-order valence-corrected chi connectivity index (χ3v) is 11.8. The maximum Gasteiger partial charge on any atom is 0.306 e. The van der Waals surface area contributed by atoms with Crippen LogP contribution in [-0.4, -0.2) is 75.3 Å². The third-order valence-electron chi connectivity index (χ3n) is 11.8. The Morgan fingerprint density at radius 2 is 1.80 bits per heavy atom. The second-order valence-electron chi connectivity index (χ2n) is 13.8. The number of allylic oxidation sites excluding steroid dienone is 2. The van der Waals surface area contributed by atoms with Crippen LogP contribution in [0.15, 0.2) is 16.8 Å². The molecule has 7 atom stereocenters. The summed E-state index contributed by atoms with van der Waals surface area (Å²) in [7, 11) is 0. The van der Waals surface area contributed by atoms with E-state index < -0.39 is 35.5 Å². The lowest BCUT2D eigenvalue weighted by Gasteiger charge is -2.60. The minimum absolute atomic E-state index is 0.0194. The van der Waals surface area contributed by atoms with Gasteiger partial charge in [0.15, 0.2) is 12.4 Å². The van der Waals surface area contributed by atoms with Crippen molar-refractivity contribution < 1.29 is 39.6 Å². The van der Waals surface area contributed by atoms with E-state index in [1.165, 1.54) is 5.57 Å². The predicted octanol–water partition coefficient (Wildman–Crippen LogP) is 2.59. The molecule has 5 N–H and O–H groups in total. The van der Waals surface area contributed by atoms with Gasteiger partial charge in [-0.25, -0.2) is 0 Å². The number of oxime groups is 1. The van der Waals surface area contributed by atoms with E-state index >= 15 is 0 Å². The van der Waals surface area contributed by atoms with Gasteiger partial charge in [-0.2, -0.15) is 0 Å². The minimum atomic E-state index is -1.59. The van der Waals surface area contributed by atoms with Gasteiger partial charge in [0.05, 0.1) is 17.7 Å². The first kappa shape index (κ1) is 30.2. The molecule has 4 fully saturated rings. The summed E-state index contributed by atoms with van der Waals surface area (Å²) in [4.78, 5) is 41.4. The summed E-state index contributed by atoms with van der Waals surface area (Å²) in [6.07, 6.45) is 8.85. The molecule has 0 bridgehead atoms. The number of carboxylic acids is 1. The van der Waals surface area contributed by atoms with Crippen LogP contribution in [0, 0.1) is 40.4 Å². The highest BCUT2D eigenvalue weighted by molar-refractivity contribution is 5.96. The molecule has 0 aromatic carbocycles. The van der Waals surface area contributed by atoms with E-state index in [-0.39, 0.29) is 47.5 Å². The normalized spacial score (nSPS) is 42.9. The van der Waals surface area contributed by atoms with Gasteiger partial charge in [0.1, 0.15) is 12.2 Å². The summed E-state index contributed by atoms with van der Waals surface area (Å²) in [6, 6.07) is 0. The summed E-state index contributed by atoms with van der Waals surface area (Å²) >= 11 is 0. The Kier molecular flexibility index (Phi) is 8.40. The number of carbonyl (C=O) groups is 3. The Morgan fingerprint density at radius 3 is 2.49 bits per heavy atom. The lowest BCUT2D eigenvalue weighted by atomic mass is 9.45. The van der Waals surface area contributed by atoms with E-state index in [1.54, 1.807) is 0 Å². The number of aliphatic carboxylic acids is 1. The van der Waals surface area contributed by atoms with Crippen molar-refractivity contribution in [3.8, 4) is 0 Å². The number of nitrogens with one attached hydrogen (secondary N) is 1. The summed E-state index contributed by atoms with van der Waals surface area (Å²) in [5.41, 5.74) is -0.545. The van der Waals surface area contributed by atoms with Gasteiger partial charge in [0.25, 0.3) is 5.91 Å². The van der Waals surface area contributed by atoms with Gasteiger partial charge in [-0.05, 0) is 106 Å². The molecule has 0 unspecified atom stereocenters. The molecule has 0 aliphatic heterocycles. The molecule has 0 radical (unpaired) electrons. The average Bonchev–Trinajstić information content (AvgIpc) is 3.22. The number of carbonyl (C=O) groups excluding carboxylic acids is 2. The fourth-order valence-corrected chi connectivity index (χ4v) is 9.46. The van der Waals surface area contributed by atoms with Gasteiger partial charge in [0, 0.05) is 12.0 Å². The maximum absolute atomic E-state index is 12.6. The van der Waals surface area contributed by atoms with Gasteiger partial charge < -0.3 is 30.6 Å². The van der Waals surface area contributed by atoms with Crippen molar-refractivity contribution in [2.45, 2.75) is 96.2 Å². The second kappa shape index (κ2) is 11.4. The lowest BCUT2D eigenvalue weighted by molar-refractivity contribution is -0.181. The number of fused-ring (bicyclic) bond motifs is 5. The van der Waals surface area contributed by atoms with Gasteiger partial charge >= 0.3 is 5.97 Å². The third kappa shape index (κ3) is 5.25. The van der Waals surface area contributed by atoms with E-state index in [4.69, 9.17) is 9.94 Å². The van der Waals surface area contributed by atoms with Crippen LogP contribution in [0.3, 0.4) is 0 Å². The van der Waals surface area contributed by atoms with Gasteiger partial charge in [-0.15, -0.1) is 0 Å². The Labute approximate surface area is 241 Å². The zero-order valence-electron chi connectivity index (χ0n) is 24.3. The lowest BCUT2D eigenvalue weighted by Crippen LogP contribution is -2.62. The van der Waals surface area contributed by atoms with E-state index in [9.17, 15) is 29.7 Å². The van der Waals surface area contributed by atoms with Gasteiger partial charge in [0.2, 0.25) is 0 Å². The molecule has 228 valence electrons. The Hall–Kier alpha value is -2.30. The zero-order valence-corrected chi connectivity index (χ0v) is 24.3. The number of aliphatic hydroxyl groups excluding tert-OH is 2. The van der Waals surface area contributed by atoms with Crippen LogP contribution >= 0.6 is 0 Å². The number of ketones is 1. The Balaban J connectivity index is 1.17. The standard InChI is InChI=1S/C31H46N2O8/c1-29-11-9-21(33-41-17-26(37)32-15-18-3-5-19(6-4-18)28(38)39)13-20(29)7-8-22-23-10-12-31(40,25(36)16-34)30(23,2)14-24(35)27(22)29/h13,18-19,22-24,27,34-35,40H,3-12,14-17H2,1-2H3,(H,32,37)(H,38,39)/b33-21-/t18?,19?,22-,23-,24-,27+,29+,30+,31+/m1/s1. The molecule has 1 amide bonds. The fourth-order valence-electron chi connectivity index (χ4n) is 9.46. The number of nitrogens with zero attached hydrogens (tertiary/aromatic N) is 1. The van der Waals surface area contributed by atoms with Crippen LogP contribution in [0.2, 0.25) is 0 Å². The highest BCUT2D eigenvalue weighted by Gasteiger charge is 2.68. The van der Waals surface area contributed by atoms with Gasteiger partial charge in [-0.1, -0.05) is 24.6 Å². The summed E-state index contributed by atoms with van der Waals surface area (Å²) < 4.78 is 0. The van der Waals surface area contributed by atoms with Crippen LogP contribution in [0.1, 0.15) is 84.5 Å². The van der Waals surface area contributed by atoms with Crippen LogP contribution < -0.4 is 5.32 Å². The molecular formula is C31H46N2O8. The van der Waals surface area contributed by atoms with Crippen molar-refractivity contribution in [3.05, 3.63) is 11.6 Å². The molecule has 0 aromatic rings. The first-order valence-electron chi connectivity index (χ1n) is 15.4. The zero-order chi connectivity index (χ0) is 29.6. The molecule has 10 nitrogen and oxygen atoms in total. The van der Waals surface area contributed by atoms with Crippen molar-refractivity contribution in [2.24, 2.45) is 45.6 Å². The Bertz CT molecular complexity index is 1110. The molecule has 5 aliphatic carbocycles. The number of rotatable bonds is 8. The maximum atomic E-state index is 12.6. The monoisotopic (exact) mass is 574 g/mol. The number of Topliss-reactive ketones (excluding diaryl/α,β-unsaturated/α-hetero) is 1. The molecule has 5 aliphatic rings. The summed E-state index contributed by atoms with van der Waals surface area (Å²) in [6.45, 7) is 3.80. The SMILES string of the molecule is C[C@]12CC/C(=N/OCC(=O)NCC3CCC(C(=O)O)CC3)C=C1CC[C@H]1[C@H]2[C@H](O)C[C@@]2(C)[C@@H]1CC[C@]2(O)C(=O)CO. The van der Waals surface area contributed by atoms with Crippen molar-refractivity contribution in [1.82, 2.24) is 5.32 Å². The molecule has 5 rings (SSSR count). The van der Waals surface area contributed by atoms with Crippen LogP contribution in [0.25, 0.3) is 0 Å². The van der Waals surface area contributed by atoms with E-state index in [1.807, 2.05) is 6.92 Å². The van der Waals surface area contributed by atoms with Gasteiger partial charge in [-0.3, -0.25) is 14.4 Å². The number of amides is 1. The number of hydrogen-bond donors (Lipinski definition) is 5. The van der Waals surface area contributed by atoms with Crippen LogP contribution in [0.5, 0.6) is 0 Å². The molecule has 0 heterocycles. The van der Waals surface area contributed by atoms with Crippen molar-refractivity contribution in [1.29, 1.82) is 0 Å². The van der Waals surface area contributed by atoms with E-state index in [2.05, 4.69) is 23.5 Å². The minimum Gasteiger partial charge on any atom is -0.481 e. The molecule has 4 saturated carbocycles. The quantitative estimate of drug-likeness (QED) is 0.276.